The van der Waals surface area contributed by atoms with E-state index in [0.29, 0.717) is 11.1 Å². The topological polar surface area (TPSA) is 69.6 Å². The van der Waals surface area contributed by atoms with Gasteiger partial charge >= 0.3 is 0 Å². The monoisotopic (exact) mass is 375 g/mol. The van der Waals surface area contributed by atoms with Gasteiger partial charge in [0.15, 0.2) is 0 Å². The van der Waals surface area contributed by atoms with E-state index < -0.39 is 0 Å². The molecular formula is C17H22BrN5. The minimum absolute atomic E-state index is 0.263. The van der Waals surface area contributed by atoms with E-state index in [-0.39, 0.29) is 5.95 Å². The molecule has 0 bridgehead atoms. The van der Waals surface area contributed by atoms with E-state index in [0.717, 1.165) is 16.7 Å². The van der Waals surface area contributed by atoms with Crippen LogP contribution in [0.1, 0.15) is 36.2 Å². The summed E-state index contributed by atoms with van der Waals surface area (Å²) in [4.78, 5) is 13.0. The third kappa shape index (κ3) is 3.37. The number of fused-ring (bicyclic) bond motifs is 1. The summed E-state index contributed by atoms with van der Waals surface area (Å²) in [6.07, 6.45) is 3.91. The van der Waals surface area contributed by atoms with Crippen LogP contribution in [-0.4, -0.2) is 19.5 Å². The summed E-state index contributed by atoms with van der Waals surface area (Å²) in [6.45, 7) is 11.0. The van der Waals surface area contributed by atoms with Crippen molar-refractivity contribution in [3.8, 4) is 0 Å². The zero-order valence-electron chi connectivity index (χ0n) is 14.2. The van der Waals surface area contributed by atoms with E-state index in [2.05, 4.69) is 51.7 Å². The van der Waals surface area contributed by atoms with Crippen molar-refractivity contribution in [2.45, 2.75) is 41.2 Å². The lowest BCUT2D eigenvalue weighted by atomic mass is 10.0. The number of aromatic nitrogens is 4. The molecule has 0 fully saturated rings. The van der Waals surface area contributed by atoms with E-state index in [4.69, 9.17) is 5.73 Å². The maximum Gasteiger partial charge on any atom is 0.223 e. The van der Waals surface area contributed by atoms with Crippen LogP contribution in [0.15, 0.2) is 23.1 Å². The molecule has 0 aliphatic carbocycles. The van der Waals surface area contributed by atoms with Crippen molar-refractivity contribution in [2.24, 2.45) is 0 Å². The first kappa shape index (κ1) is 17.4. The summed E-state index contributed by atoms with van der Waals surface area (Å²) in [5.41, 5.74) is 11.3. The zero-order chi connectivity index (χ0) is 17.1. The SMILES string of the molecule is CC.Cc1cnc(Cn2ccc3c(Br)nc(N)nc32)c(C)c1C. The molecule has 6 heteroatoms. The Balaban J connectivity index is 0.000000924. The molecule has 122 valence electrons. The van der Waals surface area contributed by atoms with Gasteiger partial charge in [-0.3, -0.25) is 4.98 Å². The largest absolute Gasteiger partial charge is 0.368 e. The molecule has 5 nitrogen and oxygen atoms in total. The summed E-state index contributed by atoms with van der Waals surface area (Å²) in [6, 6.07) is 1.98. The maximum atomic E-state index is 5.74. The van der Waals surface area contributed by atoms with Crippen molar-refractivity contribution in [1.29, 1.82) is 0 Å². The highest BCUT2D eigenvalue weighted by atomic mass is 79.9. The molecular weight excluding hydrogens is 354 g/mol. The van der Waals surface area contributed by atoms with Gasteiger partial charge in [-0.25, -0.2) is 4.98 Å². The molecule has 3 aromatic heterocycles. The fraction of sp³-hybridized carbons (Fsp3) is 0.353. The molecule has 0 aromatic carbocycles. The Morgan fingerprint density at radius 1 is 1.13 bits per heavy atom. The van der Waals surface area contributed by atoms with Crippen LogP contribution in [0.2, 0.25) is 0 Å². The van der Waals surface area contributed by atoms with E-state index in [1.807, 2.05) is 36.9 Å². The second-order valence-corrected chi connectivity index (χ2v) is 5.94. The maximum absolute atomic E-state index is 5.74. The molecule has 0 spiro atoms. The Morgan fingerprint density at radius 3 is 2.52 bits per heavy atom. The van der Waals surface area contributed by atoms with Crippen LogP contribution in [0.3, 0.4) is 0 Å². The van der Waals surface area contributed by atoms with Crippen LogP contribution in [-0.2, 0) is 6.54 Å². The van der Waals surface area contributed by atoms with Gasteiger partial charge in [0, 0.05) is 12.4 Å². The average molecular weight is 376 g/mol. The number of rotatable bonds is 2. The Kier molecular flexibility index (Phi) is 5.36. The molecule has 3 aromatic rings. The van der Waals surface area contributed by atoms with Crippen LogP contribution in [0.4, 0.5) is 5.95 Å². The van der Waals surface area contributed by atoms with E-state index in [1.54, 1.807) is 0 Å². The van der Waals surface area contributed by atoms with Gasteiger partial charge < -0.3 is 10.3 Å². The molecule has 0 aliphatic heterocycles. The lowest BCUT2D eigenvalue weighted by Gasteiger charge is -2.11. The second-order valence-electron chi connectivity index (χ2n) is 5.19. The Hall–Kier alpha value is -1.95. The molecule has 0 aliphatic rings. The number of nitrogen functional groups attached to an aromatic ring is 1. The van der Waals surface area contributed by atoms with E-state index in [1.165, 1.54) is 16.7 Å². The van der Waals surface area contributed by atoms with Crippen molar-refractivity contribution in [3.63, 3.8) is 0 Å². The van der Waals surface area contributed by atoms with Gasteiger partial charge in [0.05, 0.1) is 17.6 Å². The summed E-state index contributed by atoms with van der Waals surface area (Å²) >= 11 is 3.42. The van der Waals surface area contributed by atoms with E-state index in [9.17, 15) is 0 Å². The highest BCUT2D eigenvalue weighted by Gasteiger charge is 2.11. The second kappa shape index (κ2) is 7.08. The fourth-order valence-electron chi connectivity index (χ4n) is 2.37. The normalized spacial score (nSPS) is 10.5. The number of hydrogen-bond donors (Lipinski definition) is 1. The summed E-state index contributed by atoms with van der Waals surface area (Å²) in [5, 5.41) is 0.950. The van der Waals surface area contributed by atoms with Crippen LogP contribution >= 0.6 is 15.9 Å². The van der Waals surface area contributed by atoms with Crippen molar-refractivity contribution in [1.82, 2.24) is 19.5 Å². The van der Waals surface area contributed by atoms with Gasteiger partial charge in [-0.1, -0.05) is 13.8 Å². The van der Waals surface area contributed by atoms with Crippen LogP contribution in [0.25, 0.3) is 11.0 Å². The Bertz CT molecular complexity index is 839. The van der Waals surface area contributed by atoms with Crippen molar-refractivity contribution in [2.75, 3.05) is 5.73 Å². The molecule has 23 heavy (non-hydrogen) atoms. The number of nitrogens with zero attached hydrogens (tertiary/aromatic N) is 4. The smallest absolute Gasteiger partial charge is 0.223 e. The van der Waals surface area contributed by atoms with Gasteiger partial charge in [0.2, 0.25) is 5.95 Å². The fourth-order valence-corrected chi connectivity index (χ4v) is 2.86. The van der Waals surface area contributed by atoms with E-state index >= 15 is 0 Å². The standard InChI is InChI=1S/C15H16BrN5.C2H6/c1-8-6-18-12(10(3)9(8)2)7-21-5-4-11-13(16)19-15(17)20-14(11)21;1-2/h4-6H,7H2,1-3H3,(H2,17,19,20);1-2H3. The molecule has 0 radical (unpaired) electrons. The Morgan fingerprint density at radius 2 is 1.83 bits per heavy atom. The highest BCUT2D eigenvalue weighted by molar-refractivity contribution is 9.10. The first-order chi connectivity index (χ1) is 11.0. The minimum atomic E-state index is 0.263. The molecule has 3 rings (SSSR count). The summed E-state index contributed by atoms with van der Waals surface area (Å²) in [5.74, 6) is 0.263. The zero-order valence-corrected chi connectivity index (χ0v) is 15.8. The van der Waals surface area contributed by atoms with Crippen LogP contribution < -0.4 is 5.73 Å². The predicted molar refractivity (Wildman–Crippen MR) is 98.5 cm³/mol. The number of nitrogens with two attached hydrogens (primary N) is 1. The third-order valence-electron chi connectivity index (χ3n) is 3.91. The number of pyridine rings is 1. The summed E-state index contributed by atoms with van der Waals surface area (Å²) < 4.78 is 2.76. The minimum Gasteiger partial charge on any atom is -0.368 e. The molecule has 0 atom stereocenters. The lowest BCUT2D eigenvalue weighted by molar-refractivity contribution is 0.786. The van der Waals surface area contributed by atoms with Gasteiger partial charge in [0.25, 0.3) is 0 Å². The average Bonchev–Trinajstić information content (AvgIpc) is 2.93. The first-order valence-electron chi connectivity index (χ1n) is 7.67. The predicted octanol–water partition coefficient (Wildman–Crippen LogP) is 4.17. The van der Waals surface area contributed by atoms with Crippen LogP contribution in [0, 0.1) is 20.8 Å². The van der Waals surface area contributed by atoms with Gasteiger partial charge in [-0.05, 0) is 59.5 Å². The van der Waals surface area contributed by atoms with Crippen LogP contribution in [0.5, 0.6) is 0 Å². The first-order valence-corrected chi connectivity index (χ1v) is 8.46. The van der Waals surface area contributed by atoms with Gasteiger partial charge in [-0.15, -0.1) is 0 Å². The molecule has 2 N–H and O–H groups in total. The third-order valence-corrected chi connectivity index (χ3v) is 4.52. The van der Waals surface area contributed by atoms with Crippen molar-refractivity contribution >= 4 is 32.9 Å². The quantitative estimate of drug-likeness (QED) is 0.682. The lowest BCUT2D eigenvalue weighted by Crippen LogP contribution is -2.06. The molecule has 3 heterocycles. The number of anilines is 1. The van der Waals surface area contributed by atoms with Crippen molar-refractivity contribution in [3.05, 3.63) is 45.4 Å². The number of halogens is 1. The summed E-state index contributed by atoms with van der Waals surface area (Å²) in [7, 11) is 0. The molecule has 0 unspecified atom stereocenters. The van der Waals surface area contributed by atoms with Gasteiger partial charge in [0.1, 0.15) is 10.3 Å². The molecule has 0 amide bonds. The number of aryl methyl sites for hydroxylation is 1. The highest BCUT2D eigenvalue weighted by Crippen LogP contribution is 2.24. The van der Waals surface area contributed by atoms with Gasteiger partial charge in [-0.2, -0.15) is 4.98 Å². The molecule has 0 saturated heterocycles. The Labute approximate surface area is 145 Å². The van der Waals surface area contributed by atoms with Crippen molar-refractivity contribution < 1.29 is 0 Å². The molecule has 0 saturated carbocycles. The number of hydrogen-bond acceptors (Lipinski definition) is 4.